The molecule has 1 aromatic carbocycles. The molecule has 5 N–H and O–H groups in total. The second kappa shape index (κ2) is 5.34. The summed E-state index contributed by atoms with van der Waals surface area (Å²) in [5, 5.41) is 29.4. The largest absolute Gasteiger partial charge is 0.505 e. The van der Waals surface area contributed by atoms with E-state index in [0.717, 1.165) is 0 Å². The number of halogens is 1. The number of phenolic OH excluding ortho intramolecular Hbond substituents is 1. The van der Waals surface area contributed by atoms with E-state index in [-0.39, 0.29) is 17.0 Å². The van der Waals surface area contributed by atoms with E-state index in [1.165, 1.54) is 12.1 Å². The van der Waals surface area contributed by atoms with Crippen LogP contribution >= 0.6 is 15.9 Å². The van der Waals surface area contributed by atoms with Gasteiger partial charge in [-0.15, -0.1) is 0 Å². The summed E-state index contributed by atoms with van der Waals surface area (Å²) < 4.78 is 0. The number of aromatic hydroxyl groups is 1. The molecular formula is C10H14BrNO3. The molecule has 0 aromatic heterocycles. The molecule has 0 amide bonds. The predicted molar refractivity (Wildman–Crippen MR) is 61.9 cm³/mol. The molecule has 84 valence electrons. The quantitative estimate of drug-likeness (QED) is 0.377. The van der Waals surface area contributed by atoms with Crippen LogP contribution < -0.4 is 5.73 Å². The monoisotopic (exact) mass is 275 g/mol. The Hall–Kier alpha value is -0.780. The van der Waals surface area contributed by atoms with Gasteiger partial charge in [-0.3, -0.25) is 0 Å². The summed E-state index contributed by atoms with van der Waals surface area (Å²) in [5.74, 6) is -0.168. The summed E-state index contributed by atoms with van der Waals surface area (Å²) in [5.41, 5.74) is 5.93. The first-order valence-electron chi connectivity index (χ1n) is 4.57. The molecule has 15 heavy (non-hydrogen) atoms. The zero-order valence-electron chi connectivity index (χ0n) is 8.10. The van der Waals surface area contributed by atoms with E-state index in [1.807, 2.05) is 0 Å². The minimum atomic E-state index is -1.12. The number of nitrogen functional groups attached to an aromatic ring is 1. The van der Waals surface area contributed by atoms with Gasteiger partial charge in [-0.1, -0.05) is 28.1 Å². The zero-order chi connectivity index (χ0) is 11.4. The molecule has 0 heterocycles. The third-order valence-corrected chi connectivity index (χ3v) is 2.64. The molecule has 1 rings (SSSR count). The second-order valence-corrected chi connectivity index (χ2v) is 4.07. The first-order valence-corrected chi connectivity index (χ1v) is 5.69. The number of hydrogen-bond donors (Lipinski definition) is 4. The van der Waals surface area contributed by atoms with Crippen LogP contribution in [0.25, 0.3) is 0 Å². The van der Waals surface area contributed by atoms with E-state index < -0.39 is 12.2 Å². The number of nitrogens with two attached hydrogens (primary N) is 1. The molecule has 0 aliphatic heterocycles. The average molecular weight is 276 g/mol. The first kappa shape index (κ1) is 12.3. The lowest BCUT2D eigenvalue weighted by Crippen LogP contribution is -2.18. The Morgan fingerprint density at radius 1 is 1.33 bits per heavy atom. The second-order valence-electron chi connectivity index (χ2n) is 3.27. The minimum Gasteiger partial charge on any atom is -0.505 e. The van der Waals surface area contributed by atoms with Gasteiger partial charge in [0.1, 0.15) is 11.9 Å². The number of phenols is 1. The Labute approximate surface area is 96.5 Å². The van der Waals surface area contributed by atoms with Crippen LogP contribution in [0.2, 0.25) is 0 Å². The normalized spacial score (nSPS) is 14.9. The summed E-state index contributed by atoms with van der Waals surface area (Å²) in [6.07, 6.45) is -1.64. The summed E-state index contributed by atoms with van der Waals surface area (Å²) in [6.45, 7) is 0. The molecule has 0 radical (unpaired) electrons. The van der Waals surface area contributed by atoms with Crippen molar-refractivity contribution >= 4 is 21.6 Å². The molecule has 0 spiro atoms. The average Bonchev–Trinajstić information content (AvgIpc) is 2.21. The summed E-state index contributed by atoms with van der Waals surface area (Å²) >= 11 is 3.17. The number of aliphatic hydroxyl groups excluding tert-OH is 2. The molecule has 0 aliphatic rings. The smallest absolute Gasteiger partial charge is 0.144 e. The lowest BCUT2D eigenvalue weighted by Gasteiger charge is -2.18. The van der Waals surface area contributed by atoms with Crippen molar-refractivity contribution in [2.75, 3.05) is 11.1 Å². The number of alkyl halides is 1. The topological polar surface area (TPSA) is 86.7 Å². The van der Waals surface area contributed by atoms with Crippen LogP contribution in [-0.2, 0) is 0 Å². The molecule has 0 bridgehead atoms. The number of para-hydroxylation sites is 1. The van der Waals surface area contributed by atoms with Crippen molar-refractivity contribution < 1.29 is 15.3 Å². The first-order chi connectivity index (χ1) is 7.07. The van der Waals surface area contributed by atoms with E-state index in [9.17, 15) is 15.3 Å². The number of rotatable bonds is 4. The maximum Gasteiger partial charge on any atom is 0.144 e. The van der Waals surface area contributed by atoms with Gasteiger partial charge in [0.25, 0.3) is 0 Å². The fraction of sp³-hybridized carbons (Fsp3) is 0.400. The van der Waals surface area contributed by atoms with E-state index in [2.05, 4.69) is 15.9 Å². The lowest BCUT2D eigenvalue weighted by atomic mass is 10.0. The molecular weight excluding hydrogens is 262 g/mol. The van der Waals surface area contributed by atoms with Crippen LogP contribution in [0.4, 0.5) is 5.69 Å². The SMILES string of the molecule is Nc1cccc(C(O)C(O)CCBr)c1O. The summed E-state index contributed by atoms with van der Waals surface area (Å²) in [7, 11) is 0. The fourth-order valence-electron chi connectivity index (χ4n) is 1.30. The van der Waals surface area contributed by atoms with E-state index in [4.69, 9.17) is 5.73 Å². The van der Waals surface area contributed by atoms with Crippen molar-refractivity contribution in [1.29, 1.82) is 0 Å². The highest BCUT2D eigenvalue weighted by Gasteiger charge is 2.21. The lowest BCUT2D eigenvalue weighted by molar-refractivity contribution is 0.0161. The van der Waals surface area contributed by atoms with Gasteiger partial charge in [-0.2, -0.15) is 0 Å². The highest BCUT2D eigenvalue weighted by atomic mass is 79.9. The number of anilines is 1. The van der Waals surface area contributed by atoms with Gasteiger partial charge < -0.3 is 21.1 Å². The van der Waals surface area contributed by atoms with Gasteiger partial charge in [0.15, 0.2) is 0 Å². The number of benzene rings is 1. The molecule has 2 atom stereocenters. The highest BCUT2D eigenvalue weighted by molar-refractivity contribution is 9.09. The van der Waals surface area contributed by atoms with Crippen molar-refractivity contribution in [3.63, 3.8) is 0 Å². The third-order valence-electron chi connectivity index (χ3n) is 2.19. The van der Waals surface area contributed by atoms with Gasteiger partial charge in [0.05, 0.1) is 11.8 Å². The van der Waals surface area contributed by atoms with Gasteiger partial charge in [0.2, 0.25) is 0 Å². The maximum absolute atomic E-state index is 9.74. The Bertz CT molecular complexity index is 332. The van der Waals surface area contributed by atoms with Crippen LogP contribution in [0.5, 0.6) is 5.75 Å². The van der Waals surface area contributed by atoms with Crippen molar-refractivity contribution in [2.24, 2.45) is 0 Å². The molecule has 1 aromatic rings. The van der Waals surface area contributed by atoms with Crippen LogP contribution in [0.1, 0.15) is 18.1 Å². The van der Waals surface area contributed by atoms with Crippen LogP contribution in [0.3, 0.4) is 0 Å². The maximum atomic E-state index is 9.74. The Morgan fingerprint density at radius 3 is 2.60 bits per heavy atom. The standard InChI is InChI=1S/C10H14BrNO3/c11-5-4-8(13)10(15)6-2-1-3-7(12)9(6)14/h1-3,8,10,13-15H,4-5,12H2. The van der Waals surface area contributed by atoms with Crippen LogP contribution in [0, 0.1) is 0 Å². The van der Waals surface area contributed by atoms with Gasteiger partial charge in [-0.05, 0) is 12.5 Å². The molecule has 5 heteroatoms. The minimum absolute atomic E-state index is 0.168. The van der Waals surface area contributed by atoms with E-state index in [1.54, 1.807) is 6.07 Å². The summed E-state index contributed by atoms with van der Waals surface area (Å²) in [6, 6.07) is 4.69. The number of aliphatic hydroxyl groups is 2. The summed E-state index contributed by atoms with van der Waals surface area (Å²) in [4.78, 5) is 0. The van der Waals surface area contributed by atoms with Gasteiger partial charge >= 0.3 is 0 Å². The van der Waals surface area contributed by atoms with Crippen LogP contribution in [-0.4, -0.2) is 26.8 Å². The predicted octanol–water partition coefficient (Wildman–Crippen LogP) is 1.15. The molecule has 0 aliphatic carbocycles. The van der Waals surface area contributed by atoms with E-state index >= 15 is 0 Å². The third kappa shape index (κ3) is 2.84. The molecule has 0 fully saturated rings. The molecule has 0 saturated carbocycles. The Kier molecular flexibility index (Phi) is 4.38. The van der Waals surface area contributed by atoms with Crippen molar-refractivity contribution in [3.05, 3.63) is 23.8 Å². The van der Waals surface area contributed by atoms with Crippen molar-refractivity contribution in [2.45, 2.75) is 18.6 Å². The van der Waals surface area contributed by atoms with Crippen molar-refractivity contribution in [1.82, 2.24) is 0 Å². The molecule has 2 unspecified atom stereocenters. The highest BCUT2D eigenvalue weighted by Crippen LogP contribution is 2.31. The molecule has 0 saturated heterocycles. The fourth-order valence-corrected chi connectivity index (χ4v) is 1.76. The zero-order valence-corrected chi connectivity index (χ0v) is 9.68. The van der Waals surface area contributed by atoms with Crippen LogP contribution in [0.15, 0.2) is 18.2 Å². The number of hydrogen-bond acceptors (Lipinski definition) is 4. The molecule has 4 nitrogen and oxygen atoms in total. The Morgan fingerprint density at radius 2 is 2.00 bits per heavy atom. The Balaban J connectivity index is 2.90. The van der Waals surface area contributed by atoms with E-state index in [0.29, 0.717) is 11.8 Å². The van der Waals surface area contributed by atoms with Crippen molar-refractivity contribution in [3.8, 4) is 5.75 Å². The van der Waals surface area contributed by atoms with Gasteiger partial charge in [0, 0.05) is 10.9 Å². The van der Waals surface area contributed by atoms with Gasteiger partial charge in [-0.25, -0.2) is 0 Å².